The van der Waals surface area contributed by atoms with Gasteiger partial charge in [-0.1, -0.05) is 19.1 Å². The zero-order valence-corrected chi connectivity index (χ0v) is 18.9. The van der Waals surface area contributed by atoms with Gasteiger partial charge in [0.1, 0.15) is 10.6 Å². The monoisotopic (exact) mass is 440 g/mol. The molecule has 0 spiro atoms. The van der Waals surface area contributed by atoms with Gasteiger partial charge in [0.05, 0.1) is 5.39 Å². The number of nitrogens with zero attached hydrogens (tertiary/aromatic N) is 4. The number of benzene rings is 1. The summed E-state index contributed by atoms with van der Waals surface area (Å²) < 4.78 is 15.1. The Labute approximate surface area is 186 Å². The van der Waals surface area contributed by atoms with E-state index in [1.54, 1.807) is 11.3 Å². The van der Waals surface area contributed by atoms with Crippen molar-refractivity contribution in [3.05, 3.63) is 56.4 Å². The Morgan fingerprint density at radius 3 is 2.55 bits per heavy atom. The molecule has 3 heterocycles. The van der Waals surface area contributed by atoms with Crippen LogP contribution in [-0.4, -0.2) is 40.6 Å². The van der Waals surface area contributed by atoms with Crippen molar-refractivity contribution in [2.45, 2.75) is 52.1 Å². The van der Waals surface area contributed by atoms with E-state index in [0.29, 0.717) is 6.54 Å². The van der Waals surface area contributed by atoms with Crippen molar-refractivity contribution in [2.24, 2.45) is 0 Å². The maximum Gasteiger partial charge on any atom is 0.263 e. The molecule has 0 saturated carbocycles. The Bertz CT molecular complexity index is 1130. The molecule has 2 aromatic heterocycles. The normalized spacial score (nSPS) is 17.3. The molecule has 31 heavy (non-hydrogen) atoms. The summed E-state index contributed by atoms with van der Waals surface area (Å²) in [4.78, 5) is 25.5. The molecule has 164 valence electrons. The fourth-order valence-corrected chi connectivity index (χ4v) is 6.10. The van der Waals surface area contributed by atoms with E-state index in [9.17, 15) is 9.18 Å². The minimum Gasteiger partial charge on any atom is -0.340 e. The molecule has 5 nitrogen and oxygen atoms in total. The summed E-state index contributed by atoms with van der Waals surface area (Å²) in [5.74, 6) is 0.638. The molecular weight excluding hydrogens is 411 g/mol. The van der Waals surface area contributed by atoms with Gasteiger partial charge in [-0.25, -0.2) is 9.37 Å². The molecule has 1 aliphatic carbocycles. The largest absolute Gasteiger partial charge is 0.340 e. The lowest BCUT2D eigenvalue weighted by Crippen LogP contribution is -2.48. The highest BCUT2D eigenvalue weighted by molar-refractivity contribution is 7.18. The highest BCUT2D eigenvalue weighted by atomic mass is 32.1. The molecule has 7 heteroatoms. The van der Waals surface area contributed by atoms with Gasteiger partial charge in [0, 0.05) is 44.1 Å². The van der Waals surface area contributed by atoms with Gasteiger partial charge in [0.15, 0.2) is 0 Å². The van der Waals surface area contributed by atoms with Gasteiger partial charge in [-0.05, 0) is 55.4 Å². The van der Waals surface area contributed by atoms with E-state index in [1.165, 1.54) is 35.4 Å². The second-order valence-corrected chi connectivity index (χ2v) is 9.73. The topological polar surface area (TPSA) is 41.4 Å². The molecule has 1 saturated heterocycles. The van der Waals surface area contributed by atoms with Gasteiger partial charge in [0.2, 0.25) is 5.95 Å². The Balaban J connectivity index is 1.40. The molecule has 0 atom stereocenters. The molecule has 0 unspecified atom stereocenters. The van der Waals surface area contributed by atoms with Crippen molar-refractivity contribution >= 4 is 27.5 Å². The third-order valence-electron chi connectivity index (χ3n) is 6.48. The second kappa shape index (κ2) is 8.71. The minimum atomic E-state index is -0.195. The van der Waals surface area contributed by atoms with Crippen LogP contribution in [0.25, 0.3) is 10.2 Å². The molecule has 1 fully saturated rings. The Hall–Kier alpha value is -2.25. The van der Waals surface area contributed by atoms with Crippen LogP contribution in [0.3, 0.4) is 0 Å². The smallest absolute Gasteiger partial charge is 0.263 e. The summed E-state index contributed by atoms with van der Waals surface area (Å²) >= 11 is 1.73. The molecule has 0 amide bonds. The maximum absolute atomic E-state index is 13.5. The predicted octanol–water partition coefficient (Wildman–Crippen LogP) is 4.21. The summed E-state index contributed by atoms with van der Waals surface area (Å²) in [5, 5.41) is 0.881. The first-order valence-electron chi connectivity index (χ1n) is 11.4. The number of rotatable bonds is 5. The fourth-order valence-electron chi connectivity index (χ4n) is 4.85. The van der Waals surface area contributed by atoms with Gasteiger partial charge in [0.25, 0.3) is 5.56 Å². The standard InChI is InChI=1S/C24H29FN4OS/c1-2-11-29-23(30)21-19-5-3-4-6-20(19)31-22(21)26-24(29)28-14-12-27(13-15-28)16-17-7-9-18(25)10-8-17/h7-10H,2-6,11-16H2,1H3. The van der Waals surface area contributed by atoms with Crippen LogP contribution in [0.1, 0.15) is 42.2 Å². The first-order chi connectivity index (χ1) is 15.1. The van der Waals surface area contributed by atoms with Crippen molar-refractivity contribution in [3.63, 3.8) is 0 Å². The average molecular weight is 441 g/mol. The number of aromatic nitrogens is 2. The van der Waals surface area contributed by atoms with Crippen molar-refractivity contribution in [2.75, 3.05) is 31.1 Å². The SMILES string of the molecule is CCCn1c(N2CCN(Cc3ccc(F)cc3)CC2)nc2sc3c(c2c1=O)CCCC3. The van der Waals surface area contributed by atoms with Crippen molar-refractivity contribution in [3.8, 4) is 0 Å². The molecule has 1 aromatic carbocycles. The lowest BCUT2D eigenvalue weighted by Gasteiger charge is -2.36. The van der Waals surface area contributed by atoms with Crippen LogP contribution in [0, 0.1) is 5.82 Å². The lowest BCUT2D eigenvalue weighted by atomic mass is 9.97. The average Bonchev–Trinajstić information content (AvgIpc) is 3.16. The summed E-state index contributed by atoms with van der Waals surface area (Å²) in [7, 11) is 0. The van der Waals surface area contributed by atoms with Gasteiger partial charge < -0.3 is 4.90 Å². The van der Waals surface area contributed by atoms with Crippen molar-refractivity contribution in [1.82, 2.24) is 14.5 Å². The fraction of sp³-hybridized carbons (Fsp3) is 0.500. The van der Waals surface area contributed by atoms with E-state index >= 15 is 0 Å². The zero-order valence-electron chi connectivity index (χ0n) is 18.1. The highest BCUT2D eigenvalue weighted by Crippen LogP contribution is 2.34. The van der Waals surface area contributed by atoms with Crippen LogP contribution in [0.4, 0.5) is 10.3 Å². The number of anilines is 1. The van der Waals surface area contributed by atoms with Gasteiger partial charge in [-0.2, -0.15) is 0 Å². The van der Waals surface area contributed by atoms with Crippen LogP contribution in [0.15, 0.2) is 29.1 Å². The van der Waals surface area contributed by atoms with E-state index < -0.39 is 0 Å². The molecular formula is C24H29FN4OS. The lowest BCUT2D eigenvalue weighted by molar-refractivity contribution is 0.247. The number of hydrogen-bond acceptors (Lipinski definition) is 5. The van der Waals surface area contributed by atoms with Gasteiger partial charge >= 0.3 is 0 Å². The molecule has 3 aromatic rings. The first-order valence-corrected chi connectivity index (χ1v) is 12.2. The molecule has 0 radical (unpaired) electrons. The molecule has 0 N–H and O–H groups in total. The number of halogens is 1. The Morgan fingerprint density at radius 1 is 1.06 bits per heavy atom. The predicted molar refractivity (Wildman–Crippen MR) is 125 cm³/mol. The van der Waals surface area contributed by atoms with Crippen LogP contribution < -0.4 is 10.5 Å². The molecule has 0 bridgehead atoms. The highest BCUT2D eigenvalue weighted by Gasteiger charge is 2.26. The number of aryl methyl sites for hydroxylation is 2. The van der Waals surface area contributed by atoms with Crippen LogP contribution >= 0.6 is 11.3 Å². The van der Waals surface area contributed by atoms with E-state index in [2.05, 4.69) is 16.7 Å². The number of fused-ring (bicyclic) bond motifs is 3. The zero-order chi connectivity index (χ0) is 21.4. The maximum atomic E-state index is 13.5. The van der Waals surface area contributed by atoms with Crippen LogP contribution in [-0.2, 0) is 25.9 Å². The van der Waals surface area contributed by atoms with Gasteiger partial charge in [-0.15, -0.1) is 11.3 Å². The molecule has 1 aliphatic heterocycles. The third kappa shape index (κ3) is 4.01. The number of hydrogen-bond donors (Lipinski definition) is 0. The quantitative estimate of drug-likeness (QED) is 0.596. The van der Waals surface area contributed by atoms with E-state index in [0.717, 1.165) is 73.7 Å². The van der Waals surface area contributed by atoms with Crippen LogP contribution in [0.5, 0.6) is 0 Å². The second-order valence-electron chi connectivity index (χ2n) is 8.65. The van der Waals surface area contributed by atoms with E-state index in [4.69, 9.17) is 4.98 Å². The molecule has 5 rings (SSSR count). The van der Waals surface area contributed by atoms with Gasteiger partial charge in [-0.3, -0.25) is 14.3 Å². The van der Waals surface area contributed by atoms with E-state index in [1.807, 2.05) is 16.7 Å². The Kier molecular flexibility index (Phi) is 5.80. The van der Waals surface area contributed by atoms with Crippen molar-refractivity contribution in [1.29, 1.82) is 0 Å². The summed E-state index contributed by atoms with van der Waals surface area (Å²) in [6, 6.07) is 6.76. The molecule has 2 aliphatic rings. The minimum absolute atomic E-state index is 0.148. The third-order valence-corrected chi connectivity index (χ3v) is 7.66. The van der Waals surface area contributed by atoms with Crippen LogP contribution in [0.2, 0.25) is 0 Å². The number of piperazine rings is 1. The first kappa shape index (κ1) is 20.6. The summed E-state index contributed by atoms with van der Waals surface area (Å²) in [6.07, 6.45) is 5.40. The summed E-state index contributed by atoms with van der Waals surface area (Å²) in [6.45, 7) is 7.13. The van der Waals surface area contributed by atoms with Crippen molar-refractivity contribution < 1.29 is 4.39 Å². The van der Waals surface area contributed by atoms with E-state index in [-0.39, 0.29) is 11.4 Å². The summed E-state index contributed by atoms with van der Waals surface area (Å²) in [5.41, 5.74) is 2.54. The Morgan fingerprint density at radius 2 is 1.81 bits per heavy atom. The number of thiophene rings is 1.